The number of rotatable bonds is 8. The fourth-order valence-electron chi connectivity index (χ4n) is 2.32. The van der Waals surface area contributed by atoms with Crippen molar-refractivity contribution in [3.05, 3.63) is 0 Å². The zero-order valence-corrected chi connectivity index (χ0v) is 11.5. The number of urea groups is 1. The highest BCUT2D eigenvalue weighted by Gasteiger charge is 2.30. The Morgan fingerprint density at radius 1 is 1.26 bits per heavy atom. The van der Waals surface area contributed by atoms with Gasteiger partial charge in [0.05, 0.1) is 5.92 Å². The van der Waals surface area contributed by atoms with E-state index in [-0.39, 0.29) is 18.0 Å². The van der Waals surface area contributed by atoms with Gasteiger partial charge >= 0.3 is 12.0 Å². The minimum absolute atomic E-state index is 0.00501. The molecule has 110 valence electrons. The number of hydrogen-bond acceptors (Lipinski definition) is 3. The summed E-state index contributed by atoms with van der Waals surface area (Å²) in [5.74, 6) is -1.07. The van der Waals surface area contributed by atoms with Crippen LogP contribution in [0.25, 0.3) is 0 Å². The standard InChI is InChI=1S/C13H24N2O4/c1-19-8-4-2-3-7-14-13(18)15-11-6-5-10(9-11)12(16)17/h10-11H,2-9H2,1H3,(H,16,17)(H2,14,15,18)/t10-,11+/m1/s1. The zero-order chi connectivity index (χ0) is 14.1. The number of carbonyl (C=O) groups is 2. The van der Waals surface area contributed by atoms with Crippen molar-refractivity contribution in [2.75, 3.05) is 20.3 Å². The average Bonchev–Trinajstić information content (AvgIpc) is 2.82. The van der Waals surface area contributed by atoms with Gasteiger partial charge < -0.3 is 20.5 Å². The van der Waals surface area contributed by atoms with Crippen molar-refractivity contribution >= 4 is 12.0 Å². The Bertz CT molecular complexity index is 296. The lowest BCUT2D eigenvalue weighted by molar-refractivity contribution is -0.141. The number of carboxylic acid groups (broad SMARTS) is 1. The number of hydrogen-bond donors (Lipinski definition) is 3. The van der Waals surface area contributed by atoms with Gasteiger partial charge in [0.2, 0.25) is 0 Å². The van der Waals surface area contributed by atoms with Crippen molar-refractivity contribution in [1.82, 2.24) is 10.6 Å². The third-order valence-corrected chi connectivity index (χ3v) is 3.43. The van der Waals surface area contributed by atoms with Gasteiger partial charge in [-0.2, -0.15) is 0 Å². The number of nitrogens with one attached hydrogen (secondary N) is 2. The molecule has 1 aliphatic carbocycles. The quantitative estimate of drug-likeness (QED) is 0.582. The van der Waals surface area contributed by atoms with Crippen LogP contribution >= 0.6 is 0 Å². The number of carboxylic acids is 1. The van der Waals surface area contributed by atoms with E-state index in [4.69, 9.17) is 9.84 Å². The maximum Gasteiger partial charge on any atom is 0.315 e. The molecule has 6 heteroatoms. The summed E-state index contributed by atoms with van der Waals surface area (Å²) in [6.45, 7) is 1.40. The SMILES string of the molecule is COCCCCCNC(=O)N[C@H]1CC[C@@H](C(=O)O)C1. The maximum atomic E-state index is 11.6. The highest BCUT2D eigenvalue weighted by Crippen LogP contribution is 2.25. The van der Waals surface area contributed by atoms with Gasteiger partial charge in [-0.15, -0.1) is 0 Å². The van der Waals surface area contributed by atoms with Crippen molar-refractivity contribution in [2.24, 2.45) is 5.92 Å². The third-order valence-electron chi connectivity index (χ3n) is 3.43. The summed E-state index contributed by atoms with van der Waals surface area (Å²) in [7, 11) is 1.68. The summed E-state index contributed by atoms with van der Waals surface area (Å²) >= 11 is 0. The molecule has 0 saturated heterocycles. The molecule has 6 nitrogen and oxygen atoms in total. The van der Waals surface area contributed by atoms with E-state index in [0.29, 0.717) is 19.4 Å². The van der Waals surface area contributed by atoms with Crippen LogP contribution in [0, 0.1) is 5.92 Å². The second kappa shape index (κ2) is 8.74. The summed E-state index contributed by atoms with van der Waals surface area (Å²) in [5.41, 5.74) is 0. The van der Waals surface area contributed by atoms with Crippen LogP contribution in [0.5, 0.6) is 0 Å². The van der Waals surface area contributed by atoms with Gasteiger partial charge in [-0.3, -0.25) is 4.79 Å². The molecule has 2 atom stereocenters. The average molecular weight is 272 g/mol. The summed E-state index contributed by atoms with van der Waals surface area (Å²) < 4.78 is 4.94. The number of ether oxygens (including phenoxy) is 1. The predicted molar refractivity (Wildman–Crippen MR) is 71.0 cm³/mol. The lowest BCUT2D eigenvalue weighted by Gasteiger charge is -2.13. The van der Waals surface area contributed by atoms with E-state index in [0.717, 1.165) is 32.3 Å². The first-order chi connectivity index (χ1) is 9.13. The number of amides is 2. The molecule has 0 aliphatic heterocycles. The Morgan fingerprint density at radius 3 is 2.68 bits per heavy atom. The summed E-state index contributed by atoms with van der Waals surface area (Å²) in [6, 6.07) is -0.197. The fourth-order valence-corrected chi connectivity index (χ4v) is 2.32. The van der Waals surface area contributed by atoms with E-state index in [1.165, 1.54) is 0 Å². The lowest BCUT2D eigenvalue weighted by Crippen LogP contribution is -2.41. The highest BCUT2D eigenvalue weighted by atomic mass is 16.5. The molecular formula is C13H24N2O4. The van der Waals surface area contributed by atoms with Crippen LogP contribution in [0.1, 0.15) is 38.5 Å². The van der Waals surface area contributed by atoms with Crippen molar-refractivity contribution in [3.8, 4) is 0 Å². The summed E-state index contributed by atoms with van der Waals surface area (Å²) in [5, 5.41) is 14.5. The summed E-state index contributed by atoms with van der Waals surface area (Å²) in [6.07, 6.45) is 4.90. The van der Waals surface area contributed by atoms with Crippen molar-refractivity contribution in [3.63, 3.8) is 0 Å². The molecule has 0 aromatic heterocycles. The molecule has 0 heterocycles. The molecule has 19 heavy (non-hydrogen) atoms. The predicted octanol–water partition coefficient (Wildman–Crippen LogP) is 1.36. The van der Waals surface area contributed by atoms with Gasteiger partial charge in [0.15, 0.2) is 0 Å². The smallest absolute Gasteiger partial charge is 0.315 e. The molecule has 0 spiro atoms. The molecule has 0 unspecified atom stereocenters. The molecule has 3 N–H and O–H groups in total. The Morgan fingerprint density at radius 2 is 2.05 bits per heavy atom. The first kappa shape index (κ1) is 15.8. The molecule has 2 amide bonds. The van der Waals surface area contributed by atoms with Crippen LogP contribution in [-0.2, 0) is 9.53 Å². The van der Waals surface area contributed by atoms with Gasteiger partial charge in [-0.25, -0.2) is 4.79 Å². The molecule has 0 bridgehead atoms. The Balaban J connectivity index is 2.04. The lowest BCUT2D eigenvalue weighted by atomic mass is 10.1. The van der Waals surface area contributed by atoms with Gasteiger partial charge in [-0.05, 0) is 38.5 Å². The van der Waals surface area contributed by atoms with Crippen LogP contribution in [0.4, 0.5) is 4.79 Å². The highest BCUT2D eigenvalue weighted by molar-refractivity contribution is 5.75. The monoisotopic (exact) mass is 272 g/mol. The van der Waals surface area contributed by atoms with E-state index >= 15 is 0 Å². The van der Waals surface area contributed by atoms with Gasteiger partial charge in [0.25, 0.3) is 0 Å². The van der Waals surface area contributed by atoms with Crippen LogP contribution in [0.2, 0.25) is 0 Å². The summed E-state index contributed by atoms with van der Waals surface area (Å²) in [4.78, 5) is 22.4. The molecule has 0 aromatic rings. The van der Waals surface area contributed by atoms with Crippen LogP contribution < -0.4 is 10.6 Å². The van der Waals surface area contributed by atoms with E-state index in [1.54, 1.807) is 7.11 Å². The molecule has 0 aromatic carbocycles. The van der Waals surface area contributed by atoms with Crippen molar-refractivity contribution < 1.29 is 19.4 Å². The topological polar surface area (TPSA) is 87.7 Å². The Labute approximate surface area is 113 Å². The second-order valence-electron chi connectivity index (χ2n) is 5.00. The van der Waals surface area contributed by atoms with E-state index in [1.807, 2.05) is 0 Å². The molecule has 1 rings (SSSR count). The molecule has 1 fully saturated rings. The second-order valence-corrected chi connectivity index (χ2v) is 5.00. The third kappa shape index (κ3) is 6.42. The molecule has 1 saturated carbocycles. The number of aliphatic carboxylic acids is 1. The van der Waals surface area contributed by atoms with Crippen molar-refractivity contribution in [1.29, 1.82) is 0 Å². The number of methoxy groups -OCH3 is 1. The number of unbranched alkanes of at least 4 members (excludes halogenated alkanes) is 2. The Kier molecular flexibility index (Phi) is 7.25. The minimum atomic E-state index is -0.761. The minimum Gasteiger partial charge on any atom is -0.481 e. The van der Waals surface area contributed by atoms with Crippen LogP contribution in [-0.4, -0.2) is 43.4 Å². The molecule has 0 radical (unpaired) electrons. The largest absolute Gasteiger partial charge is 0.481 e. The maximum absolute atomic E-state index is 11.6. The van der Waals surface area contributed by atoms with Crippen molar-refractivity contribution in [2.45, 2.75) is 44.6 Å². The zero-order valence-electron chi connectivity index (χ0n) is 11.5. The fraction of sp³-hybridized carbons (Fsp3) is 0.846. The van der Waals surface area contributed by atoms with E-state index in [9.17, 15) is 9.59 Å². The van der Waals surface area contributed by atoms with Gasteiger partial charge in [0, 0.05) is 26.3 Å². The first-order valence-corrected chi connectivity index (χ1v) is 6.89. The normalized spacial score (nSPS) is 22.2. The van der Waals surface area contributed by atoms with Crippen LogP contribution in [0.3, 0.4) is 0 Å². The van der Waals surface area contributed by atoms with Crippen LogP contribution in [0.15, 0.2) is 0 Å². The van der Waals surface area contributed by atoms with E-state index in [2.05, 4.69) is 10.6 Å². The molecule has 1 aliphatic rings. The van der Waals surface area contributed by atoms with Gasteiger partial charge in [0.1, 0.15) is 0 Å². The molecular weight excluding hydrogens is 248 g/mol. The number of carbonyl (C=O) groups excluding carboxylic acids is 1. The van der Waals surface area contributed by atoms with E-state index < -0.39 is 5.97 Å². The Hall–Kier alpha value is -1.30. The first-order valence-electron chi connectivity index (χ1n) is 6.89. The van der Waals surface area contributed by atoms with Gasteiger partial charge in [-0.1, -0.05) is 0 Å².